The third-order valence-electron chi connectivity index (χ3n) is 2.27. The highest BCUT2D eigenvalue weighted by molar-refractivity contribution is 4.49. The van der Waals surface area contributed by atoms with Gasteiger partial charge in [0.25, 0.3) is 0 Å². The van der Waals surface area contributed by atoms with Crippen molar-refractivity contribution in [2.45, 2.75) is 80.1 Å². The minimum atomic E-state index is 0.892. The molecule has 0 nitrogen and oxygen atoms in total. The minimum absolute atomic E-state index is 0.892. The number of rotatable bonds is 6. The summed E-state index contributed by atoms with van der Waals surface area (Å²) >= 11 is 0. The van der Waals surface area contributed by atoms with E-state index in [0.29, 0.717) is 0 Å². The van der Waals surface area contributed by atoms with Gasteiger partial charge in [0.1, 0.15) is 0 Å². The lowest BCUT2D eigenvalue weighted by Crippen LogP contribution is -1.90. The van der Waals surface area contributed by atoms with Gasteiger partial charge in [-0.1, -0.05) is 80.1 Å². The zero-order valence-corrected chi connectivity index (χ0v) is 11.4. The molecular formula is C14H32. The van der Waals surface area contributed by atoms with Crippen LogP contribution in [0.15, 0.2) is 0 Å². The van der Waals surface area contributed by atoms with E-state index < -0.39 is 0 Å². The standard InChI is InChI=1S/C9H20.C5H12/c1-8(2)6-5-7-9(3)4;1-3-5-4-2/h8-9H,5-7H2,1-4H3;3-5H2,1-2H3. The predicted molar refractivity (Wildman–Crippen MR) is 68.7 cm³/mol. The lowest BCUT2D eigenvalue weighted by Gasteiger charge is -2.05. The van der Waals surface area contributed by atoms with Crippen molar-refractivity contribution >= 4 is 0 Å². The van der Waals surface area contributed by atoms with Crippen LogP contribution in [-0.4, -0.2) is 0 Å². The Bertz CT molecular complexity index is 72.0. The van der Waals surface area contributed by atoms with E-state index in [4.69, 9.17) is 0 Å². The Hall–Kier alpha value is 0. The highest BCUT2D eigenvalue weighted by Gasteiger charge is 1.95. The molecule has 0 bridgehead atoms. The molecule has 0 heterocycles. The van der Waals surface area contributed by atoms with Crippen molar-refractivity contribution in [2.24, 2.45) is 11.8 Å². The Kier molecular flexibility index (Phi) is 15.3. The molecular weight excluding hydrogens is 168 g/mol. The van der Waals surface area contributed by atoms with Crippen molar-refractivity contribution in [1.29, 1.82) is 0 Å². The Morgan fingerprint density at radius 1 is 0.643 bits per heavy atom. The minimum Gasteiger partial charge on any atom is -0.0654 e. The maximum Gasteiger partial charge on any atom is -0.0471 e. The van der Waals surface area contributed by atoms with Gasteiger partial charge in [-0.25, -0.2) is 0 Å². The van der Waals surface area contributed by atoms with Crippen molar-refractivity contribution in [2.75, 3.05) is 0 Å². The van der Waals surface area contributed by atoms with Gasteiger partial charge in [0.05, 0.1) is 0 Å². The maximum atomic E-state index is 2.29. The molecule has 0 fully saturated rings. The fraction of sp³-hybridized carbons (Fsp3) is 1.00. The third kappa shape index (κ3) is 22.7. The first kappa shape index (κ1) is 16.4. The first-order valence-electron chi connectivity index (χ1n) is 6.54. The zero-order valence-electron chi connectivity index (χ0n) is 11.4. The summed E-state index contributed by atoms with van der Waals surface area (Å²) in [6.07, 6.45) is 8.29. The second kappa shape index (κ2) is 13.0. The van der Waals surface area contributed by atoms with Gasteiger partial charge in [-0.15, -0.1) is 0 Å². The predicted octanol–water partition coefficient (Wildman–Crippen LogP) is 5.67. The molecule has 0 aromatic heterocycles. The van der Waals surface area contributed by atoms with Crippen LogP contribution < -0.4 is 0 Å². The molecule has 0 aliphatic carbocycles. The molecule has 88 valence electrons. The average Bonchev–Trinajstić information content (AvgIpc) is 2.05. The van der Waals surface area contributed by atoms with Crippen molar-refractivity contribution in [3.8, 4) is 0 Å². The van der Waals surface area contributed by atoms with Gasteiger partial charge in [0.2, 0.25) is 0 Å². The number of hydrogen-bond acceptors (Lipinski definition) is 0. The van der Waals surface area contributed by atoms with Crippen LogP contribution in [0.1, 0.15) is 80.1 Å². The van der Waals surface area contributed by atoms with Crippen LogP contribution in [0.3, 0.4) is 0 Å². The summed E-state index contributed by atoms with van der Waals surface area (Å²) in [4.78, 5) is 0. The molecule has 0 saturated carbocycles. The van der Waals surface area contributed by atoms with Crippen molar-refractivity contribution in [3.05, 3.63) is 0 Å². The normalized spacial score (nSPS) is 10.3. The van der Waals surface area contributed by atoms with Crippen LogP contribution in [0.25, 0.3) is 0 Å². The lowest BCUT2D eigenvalue weighted by atomic mass is 10.0. The molecule has 0 unspecified atom stereocenters. The summed E-state index contributed by atoms with van der Waals surface area (Å²) in [7, 11) is 0. The van der Waals surface area contributed by atoms with E-state index in [1.165, 1.54) is 38.5 Å². The van der Waals surface area contributed by atoms with Gasteiger partial charge in [0.15, 0.2) is 0 Å². The number of unbranched alkanes of at least 4 members (excludes halogenated alkanes) is 2. The van der Waals surface area contributed by atoms with Crippen molar-refractivity contribution < 1.29 is 0 Å². The molecule has 0 atom stereocenters. The molecule has 0 aliphatic rings. The molecule has 14 heavy (non-hydrogen) atoms. The highest BCUT2D eigenvalue weighted by atomic mass is 14.0. The lowest BCUT2D eigenvalue weighted by molar-refractivity contribution is 0.480. The van der Waals surface area contributed by atoms with Gasteiger partial charge in [-0.05, 0) is 11.8 Å². The average molecular weight is 200 g/mol. The molecule has 0 heteroatoms. The second-order valence-corrected chi connectivity index (χ2v) is 5.07. The van der Waals surface area contributed by atoms with E-state index in [9.17, 15) is 0 Å². The molecule has 0 amide bonds. The highest BCUT2D eigenvalue weighted by Crippen LogP contribution is 2.10. The fourth-order valence-electron chi connectivity index (χ4n) is 1.29. The van der Waals surface area contributed by atoms with Crippen molar-refractivity contribution in [1.82, 2.24) is 0 Å². The third-order valence-corrected chi connectivity index (χ3v) is 2.27. The van der Waals surface area contributed by atoms with Crippen LogP contribution in [0.2, 0.25) is 0 Å². The molecule has 0 N–H and O–H groups in total. The number of hydrogen-bond donors (Lipinski definition) is 0. The largest absolute Gasteiger partial charge is 0.0654 e. The molecule has 0 rings (SSSR count). The van der Waals surface area contributed by atoms with E-state index >= 15 is 0 Å². The quantitative estimate of drug-likeness (QED) is 0.518. The maximum absolute atomic E-state index is 2.29. The Balaban J connectivity index is 0. The smallest absolute Gasteiger partial charge is 0.0471 e. The van der Waals surface area contributed by atoms with Crippen LogP contribution in [0.4, 0.5) is 0 Å². The summed E-state index contributed by atoms with van der Waals surface area (Å²) in [6.45, 7) is 13.6. The second-order valence-electron chi connectivity index (χ2n) is 5.07. The Morgan fingerprint density at radius 2 is 1.00 bits per heavy atom. The molecule has 0 saturated heterocycles. The molecule has 0 radical (unpaired) electrons. The van der Waals surface area contributed by atoms with Gasteiger partial charge in [0, 0.05) is 0 Å². The van der Waals surface area contributed by atoms with Crippen LogP contribution in [0, 0.1) is 11.8 Å². The molecule has 0 aliphatic heterocycles. The van der Waals surface area contributed by atoms with Crippen LogP contribution in [-0.2, 0) is 0 Å². The summed E-state index contributed by atoms with van der Waals surface area (Å²) in [6, 6.07) is 0. The SMILES string of the molecule is CC(C)CCCC(C)C.CCCCC. The summed E-state index contributed by atoms with van der Waals surface area (Å²) in [5, 5.41) is 0. The first-order chi connectivity index (χ1) is 6.54. The first-order valence-corrected chi connectivity index (χ1v) is 6.54. The summed E-state index contributed by atoms with van der Waals surface area (Å²) < 4.78 is 0. The summed E-state index contributed by atoms with van der Waals surface area (Å²) in [5.41, 5.74) is 0. The van der Waals surface area contributed by atoms with Gasteiger partial charge >= 0.3 is 0 Å². The monoisotopic (exact) mass is 200 g/mol. The van der Waals surface area contributed by atoms with E-state index in [1.54, 1.807) is 0 Å². The van der Waals surface area contributed by atoms with Gasteiger partial charge in [-0.2, -0.15) is 0 Å². The summed E-state index contributed by atoms with van der Waals surface area (Å²) in [5.74, 6) is 1.78. The van der Waals surface area contributed by atoms with Gasteiger partial charge < -0.3 is 0 Å². The molecule has 0 spiro atoms. The molecule has 0 aromatic carbocycles. The van der Waals surface area contributed by atoms with Crippen molar-refractivity contribution in [3.63, 3.8) is 0 Å². The zero-order chi connectivity index (χ0) is 11.4. The van der Waals surface area contributed by atoms with Crippen LogP contribution in [0.5, 0.6) is 0 Å². The fourth-order valence-corrected chi connectivity index (χ4v) is 1.29. The van der Waals surface area contributed by atoms with E-state index in [-0.39, 0.29) is 0 Å². The Morgan fingerprint density at radius 3 is 1.14 bits per heavy atom. The van der Waals surface area contributed by atoms with Crippen LogP contribution >= 0.6 is 0 Å². The molecule has 0 aromatic rings. The Labute approximate surface area is 92.5 Å². The van der Waals surface area contributed by atoms with Gasteiger partial charge in [-0.3, -0.25) is 0 Å². The van der Waals surface area contributed by atoms with E-state index in [1.807, 2.05) is 0 Å². The van der Waals surface area contributed by atoms with E-state index in [0.717, 1.165) is 11.8 Å². The topological polar surface area (TPSA) is 0 Å². The van der Waals surface area contributed by atoms with E-state index in [2.05, 4.69) is 41.5 Å².